The number of hydrogen-bond donors (Lipinski definition) is 3. The molecule has 0 rings (SSSR count). The Hall–Kier alpha value is -0.750. The van der Waals surface area contributed by atoms with Gasteiger partial charge in [0, 0.05) is 26.7 Å². The van der Waals surface area contributed by atoms with Crippen LogP contribution >= 0.6 is 0 Å². The summed E-state index contributed by atoms with van der Waals surface area (Å²) < 4.78 is 50.8. The third kappa shape index (κ3) is 8.10. The van der Waals surface area contributed by atoms with Gasteiger partial charge in [-0.1, -0.05) is 6.92 Å². The molecule has 0 fully saturated rings. The van der Waals surface area contributed by atoms with Crippen LogP contribution in [0.15, 0.2) is 0 Å². The monoisotopic (exact) mass is 317 g/mol. The molecule has 9 nitrogen and oxygen atoms in total. The van der Waals surface area contributed by atoms with Gasteiger partial charge in [-0.15, -0.1) is 0 Å². The molecule has 0 aromatic heterocycles. The molecule has 0 unspecified atom stereocenters. The van der Waals surface area contributed by atoms with Crippen molar-refractivity contribution < 1.29 is 26.7 Å². The van der Waals surface area contributed by atoms with Crippen molar-refractivity contribution in [2.75, 3.05) is 32.4 Å². The van der Waals surface area contributed by atoms with Crippen molar-refractivity contribution in [3.8, 4) is 0 Å². The Kier molecular flexibility index (Phi) is 7.44. The van der Waals surface area contributed by atoms with Gasteiger partial charge in [0.05, 0.1) is 12.2 Å². The fourth-order valence-corrected chi connectivity index (χ4v) is 3.08. The lowest BCUT2D eigenvalue weighted by molar-refractivity contribution is -0.137. The van der Waals surface area contributed by atoms with Crippen LogP contribution in [0.5, 0.6) is 0 Å². The van der Waals surface area contributed by atoms with E-state index in [1.807, 2.05) is 0 Å². The lowest BCUT2D eigenvalue weighted by Gasteiger charge is -2.16. The lowest BCUT2D eigenvalue weighted by atomic mass is 10.4. The molecule has 0 aliphatic heterocycles. The van der Waals surface area contributed by atoms with Crippen LogP contribution in [-0.2, 0) is 25.0 Å². The van der Waals surface area contributed by atoms with Crippen LogP contribution in [0.1, 0.15) is 13.3 Å². The molecule has 0 aliphatic rings. The van der Waals surface area contributed by atoms with E-state index in [1.54, 1.807) is 6.92 Å². The maximum atomic E-state index is 11.6. The highest BCUT2D eigenvalue weighted by Crippen LogP contribution is 1.96. The molecule has 114 valence electrons. The summed E-state index contributed by atoms with van der Waals surface area (Å²) in [6.45, 7) is 1.37. The van der Waals surface area contributed by atoms with Crippen molar-refractivity contribution in [3.63, 3.8) is 0 Å². The Morgan fingerprint density at radius 2 is 1.79 bits per heavy atom. The first-order chi connectivity index (χ1) is 8.60. The number of aliphatic carboxylic acids is 1. The first-order valence-electron chi connectivity index (χ1n) is 5.51. The molecule has 0 amide bonds. The zero-order chi connectivity index (χ0) is 15.1. The normalized spacial score (nSPS) is 12.8. The van der Waals surface area contributed by atoms with Crippen LogP contribution in [0.4, 0.5) is 0 Å². The molecule has 11 heteroatoms. The molecule has 0 aromatic rings. The van der Waals surface area contributed by atoms with E-state index in [9.17, 15) is 21.6 Å². The predicted molar refractivity (Wildman–Crippen MR) is 69.3 cm³/mol. The SMILES string of the molecule is CCNS(=O)(=O)CCNS(=O)(=O)N(C)CCC(=O)O. The third-order valence-corrected chi connectivity index (χ3v) is 5.11. The Bertz CT molecular complexity index is 487. The molecular weight excluding hydrogens is 298 g/mol. The van der Waals surface area contributed by atoms with E-state index in [-0.39, 0.29) is 31.8 Å². The summed E-state index contributed by atoms with van der Waals surface area (Å²) >= 11 is 0. The van der Waals surface area contributed by atoms with E-state index in [0.717, 1.165) is 4.31 Å². The first-order valence-corrected chi connectivity index (χ1v) is 8.60. The minimum atomic E-state index is -3.87. The van der Waals surface area contributed by atoms with Gasteiger partial charge < -0.3 is 5.11 Å². The molecule has 0 atom stereocenters. The number of nitrogens with zero attached hydrogens (tertiary/aromatic N) is 1. The summed E-state index contributed by atoms with van der Waals surface area (Å²) in [4.78, 5) is 10.3. The Morgan fingerprint density at radius 1 is 1.21 bits per heavy atom. The zero-order valence-electron chi connectivity index (χ0n) is 10.8. The Balaban J connectivity index is 4.28. The lowest BCUT2D eigenvalue weighted by Crippen LogP contribution is -2.42. The summed E-state index contributed by atoms with van der Waals surface area (Å²) in [6.07, 6.45) is -0.326. The van der Waals surface area contributed by atoms with Gasteiger partial charge in [-0.3, -0.25) is 4.79 Å². The number of carboxylic acid groups (broad SMARTS) is 1. The van der Waals surface area contributed by atoms with Gasteiger partial charge in [-0.2, -0.15) is 12.7 Å². The van der Waals surface area contributed by atoms with Crippen LogP contribution in [0, 0.1) is 0 Å². The van der Waals surface area contributed by atoms with Gasteiger partial charge in [0.2, 0.25) is 10.0 Å². The van der Waals surface area contributed by atoms with Gasteiger partial charge in [-0.05, 0) is 0 Å². The van der Waals surface area contributed by atoms with Gasteiger partial charge in [0.15, 0.2) is 0 Å². The second-order valence-corrected chi connectivity index (χ2v) is 7.47. The largest absolute Gasteiger partial charge is 0.481 e. The van der Waals surface area contributed by atoms with Crippen molar-refractivity contribution in [1.82, 2.24) is 13.7 Å². The van der Waals surface area contributed by atoms with Crippen LogP contribution in [0.25, 0.3) is 0 Å². The number of nitrogens with one attached hydrogen (secondary N) is 2. The van der Waals surface area contributed by atoms with Gasteiger partial charge in [-0.25, -0.2) is 17.9 Å². The number of sulfonamides is 1. The molecule has 3 N–H and O–H groups in total. The number of hydrogen-bond acceptors (Lipinski definition) is 5. The molecule has 0 bridgehead atoms. The second kappa shape index (κ2) is 7.75. The highest BCUT2D eigenvalue weighted by atomic mass is 32.2. The van der Waals surface area contributed by atoms with E-state index in [0.29, 0.717) is 0 Å². The van der Waals surface area contributed by atoms with E-state index in [1.165, 1.54) is 7.05 Å². The van der Waals surface area contributed by atoms with Crippen molar-refractivity contribution in [1.29, 1.82) is 0 Å². The summed E-state index contributed by atoms with van der Waals surface area (Å²) in [6, 6.07) is 0. The Labute approximate surface area is 113 Å². The Morgan fingerprint density at radius 3 is 2.26 bits per heavy atom. The highest BCUT2D eigenvalue weighted by molar-refractivity contribution is 7.89. The molecule has 0 saturated carbocycles. The molecule has 0 aromatic carbocycles. The predicted octanol–water partition coefficient (Wildman–Crippen LogP) is -1.83. The smallest absolute Gasteiger partial charge is 0.304 e. The first kappa shape index (κ1) is 18.2. The maximum Gasteiger partial charge on any atom is 0.304 e. The summed E-state index contributed by atoms with van der Waals surface area (Å²) in [5, 5.41) is 8.44. The third-order valence-electron chi connectivity index (χ3n) is 2.07. The molecule has 0 spiro atoms. The minimum absolute atomic E-state index is 0.190. The molecular formula is C8H19N3O6S2. The van der Waals surface area contributed by atoms with Crippen molar-refractivity contribution >= 4 is 26.2 Å². The quantitative estimate of drug-likeness (QED) is 0.434. The van der Waals surface area contributed by atoms with Crippen LogP contribution < -0.4 is 9.44 Å². The fraction of sp³-hybridized carbons (Fsp3) is 0.875. The average molecular weight is 317 g/mol. The summed E-state index contributed by atoms with van der Waals surface area (Å²) in [5.41, 5.74) is 0. The van der Waals surface area contributed by atoms with Crippen molar-refractivity contribution in [2.45, 2.75) is 13.3 Å². The summed E-state index contributed by atoms with van der Waals surface area (Å²) in [7, 11) is -6.15. The topological polar surface area (TPSA) is 133 Å². The second-order valence-electron chi connectivity index (χ2n) is 3.68. The summed E-state index contributed by atoms with van der Waals surface area (Å²) in [5.74, 6) is -1.50. The van der Waals surface area contributed by atoms with Gasteiger partial charge in [0.25, 0.3) is 10.2 Å². The van der Waals surface area contributed by atoms with E-state index >= 15 is 0 Å². The van der Waals surface area contributed by atoms with Gasteiger partial charge in [0.1, 0.15) is 0 Å². The van der Waals surface area contributed by atoms with Crippen LogP contribution in [0.3, 0.4) is 0 Å². The maximum absolute atomic E-state index is 11.6. The van der Waals surface area contributed by atoms with E-state index < -0.39 is 26.2 Å². The highest BCUT2D eigenvalue weighted by Gasteiger charge is 2.19. The number of carbonyl (C=O) groups is 1. The van der Waals surface area contributed by atoms with Gasteiger partial charge >= 0.3 is 5.97 Å². The van der Waals surface area contributed by atoms with Crippen LogP contribution in [0.2, 0.25) is 0 Å². The molecule has 19 heavy (non-hydrogen) atoms. The standard InChI is InChI=1S/C8H19N3O6S2/c1-3-9-18(14,15)7-5-10-19(16,17)11(2)6-4-8(12)13/h9-10H,3-7H2,1-2H3,(H,12,13). The van der Waals surface area contributed by atoms with Crippen LogP contribution in [-0.4, -0.2) is 64.7 Å². The number of carboxylic acids is 1. The molecule has 0 aliphatic carbocycles. The van der Waals surface area contributed by atoms with Crippen molar-refractivity contribution in [2.24, 2.45) is 0 Å². The van der Waals surface area contributed by atoms with E-state index in [2.05, 4.69) is 9.44 Å². The zero-order valence-corrected chi connectivity index (χ0v) is 12.4. The van der Waals surface area contributed by atoms with E-state index in [4.69, 9.17) is 5.11 Å². The fourth-order valence-electron chi connectivity index (χ4n) is 1.08. The van der Waals surface area contributed by atoms with Crippen molar-refractivity contribution in [3.05, 3.63) is 0 Å². The number of rotatable bonds is 10. The molecule has 0 heterocycles. The molecule has 0 saturated heterocycles. The molecule has 0 radical (unpaired) electrons. The average Bonchev–Trinajstić information content (AvgIpc) is 2.24. The minimum Gasteiger partial charge on any atom is -0.481 e.